The van der Waals surface area contributed by atoms with E-state index in [1.165, 1.54) is 0 Å². The first kappa shape index (κ1) is 20.7. The van der Waals surface area contributed by atoms with Crippen LogP contribution < -0.4 is 26.0 Å². The average molecular weight is 453 g/mol. The predicted molar refractivity (Wildman–Crippen MR) is 117 cm³/mol. The van der Waals surface area contributed by atoms with Crippen LogP contribution in [0.2, 0.25) is 10.0 Å². The lowest BCUT2D eigenvalue weighted by molar-refractivity contribution is 0.122. The number of nitrogens with one attached hydrogen (secondary N) is 3. The molecule has 4 rings (SSSR count). The number of anilines is 4. The van der Waals surface area contributed by atoms with E-state index in [9.17, 15) is 4.79 Å². The number of amides is 2. The summed E-state index contributed by atoms with van der Waals surface area (Å²) in [5, 5.41) is 3.43. The van der Waals surface area contributed by atoms with E-state index in [0.717, 1.165) is 25.9 Å². The zero-order chi connectivity index (χ0) is 20.9. The molecule has 0 unspecified atom stereocenters. The summed E-state index contributed by atoms with van der Waals surface area (Å²) in [6.45, 7) is 4.45. The van der Waals surface area contributed by atoms with Gasteiger partial charge in [-0.2, -0.15) is 15.0 Å². The standard InChI is InChI=1S/C18H22Cl2N8O2/c19-13-4-3-12(11-14(13)20)21-18(29)26-25-15-22-16(27-5-1-2-6-27)24-17(23-15)28-7-9-30-10-8-28/h3-4,11H,1-2,5-10H2,(H2,21,26,29)(H,22,23,24,25). The Morgan fingerprint density at radius 1 is 0.933 bits per heavy atom. The molecule has 12 heteroatoms. The van der Waals surface area contributed by atoms with Crippen LogP contribution in [0.5, 0.6) is 0 Å². The smallest absolute Gasteiger partial charge is 0.337 e. The maximum Gasteiger partial charge on any atom is 0.337 e. The second-order valence-corrected chi connectivity index (χ2v) is 7.70. The van der Waals surface area contributed by atoms with Crippen molar-refractivity contribution in [1.82, 2.24) is 20.4 Å². The van der Waals surface area contributed by atoms with Crippen LogP contribution in [0.3, 0.4) is 0 Å². The lowest BCUT2D eigenvalue weighted by Crippen LogP contribution is -2.39. The number of ether oxygens (including phenoxy) is 1. The summed E-state index contributed by atoms with van der Waals surface area (Å²) in [7, 11) is 0. The third kappa shape index (κ3) is 5.13. The number of hydrogen-bond acceptors (Lipinski definition) is 8. The SMILES string of the molecule is O=C(NNc1nc(N2CCCC2)nc(N2CCOCC2)n1)Nc1ccc(Cl)c(Cl)c1. The molecule has 0 spiro atoms. The van der Waals surface area contributed by atoms with Gasteiger partial charge in [0.05, 0.1) is 23.3 Å². The highest BCUT2D eigenvalue weighted by atomic mass is 35.5. The Kier molecular flexibility index (Phi) is 6.56. The summed E-state index contributed by atoms with van der Waals surface area (Å²) in [4.78, 5) is 30.0. The lowest BCUT2D eigenvalue weighted by Gasteiger charge is -2.28. The van der Waals surface area contributed by atoms with Gasteiger partial charge in [0.2, 0.25) is 17.8 Å². The Labute approximate surface area is 183 Å². The Balaban J connectivity index is 1.45. The van der Waals surface area contributed by atoms with E-state index in [1.54, 1.807) is 18.2 Å². The average Bonchev–Trinajstić information content (AvgIpc) is 3.30. The zero-order valence-corrected chi connectivity index (χ0v) is 17.7. The van der Waals surface area contributed by atoms with Gasteiger partial charge < -0.3 is 19.9 Å². The number of benzene rings is 1. The number of hydrazine groups is 1. The molecule has 2 aromatic rings. The van der Waals surface area contributed by atoms with Crippen molar-refractivity contribution in [2.24, 2.45) is 0 Å². The van der Waals surface area contributed by atoms with Gasteiger partial charge in [0.25, 0.3) is 0 Å². The maximum absolute atomic E-state index is 12.2. The third-order valence-corrected chi connectivity index (χ3v) is 5.50. The fraction of sp³-hybridized carbons (Fsp3) is 0.444. The zero-order valence-electron chi connectivity index (χ0n) is 16.2. The van der Waals surface area contributed by atoms with Crippen LogP contribution in [0, 0.1) is 0 Å². The van der Waals surface area contributed by atoms with Gasteiger partial charge in [0.15, 0.2) is 0 Å². The second-order valence-electron chi connectivity index (χ2n) is 6.89. The molecule has 30 heavy (non-hydrogen) atoms. The molecule has 0 atom stereocenters. The molecule has 2 aliphatic heterocycles. The minimum absolute atomic E-state index is 0.262. The quantitative estimate of drug-likeness (QED) is 0.594. The number of hydrogen-bond donors (Lipinski definition) is 3. The predicted octanol–water partition coefficient (Wildman–Crippen LogP) is 2.76. The van der Waals surface area contributed by atoms with E-state index in [1.807, 2.05) is 4.90 Å². The minimum Gasteiger partial charge on any atom is -0.378 e. The Bertz CT molecular complexity index is 904. The van der Waals surface area contributed by atoms with E-state index >= 15 is 0 Å². The Morgan fingerprint density at radius 3 is 2.27 bits per heavy atom. The van der Waals surface area contributed by atoms with Crippen molar-refractivity contribution in [1.29, 1.82) is 0 Å². The second kappa shape index (κ2) is 9.50. The number of urea groups is 1. The number of rotatable bonds is 5. The molecule has 2 aliphatic rings. The topological polar surface area (TPSA) is 108 Å². The van der Waals surface area contributed by atoms with Crippen molar-refractivity contribution in [2.45, 2.75) is 12.8 Å². The lowest BCUT2D eigenvalue weighted by atomic mass is 10.3. The summed E-state index contributed by atoms with van der Waals surface area (Å²) < 4.78 is 5.41. The van der Waals surface area contributed by atoms with Crippen LogP contribution in [0.1, 0.15) is 12.8 Å². The molecule has 2 fully saturated rings. The van der Waals surface area contributed by atoms with Crippen LogP contribution >= 0.6 is 23.2 Å². The van der Waals surface area contributed by atoms with Crippen molar-refractivity contribution in [3.63, 3.8) is 0 Å². The van der Waals surface area contributed by atoms with Gasteiger partial charge in [0, 0.05) is 31.9 Å². The molecule has 0 bridgehead atoms. The van der Waals surface area contributed by atoms with Crippen molar-refractivity contribution in [3.05, 3.63) is 28.2 Å². The number of halogens is 2. The largest absolute Gasteiger partial charge is 0.378 e. The fourth-order valence-corrected chi connectivity index (χ4v) is 3.52. The van der Waals surface area contributed by atoms with Gasteiger partial charge >= 0.3 is 6.03 Å². The molecule has 3 heterocycles. The highest BCUT2D eigenvalue weighted by molar-refractivity contribution is 6.42. The van der Waals surface area contributed by atoms with E-state index in [0.29, 0.717) is 53.9 Å². The Hall–Kier alpha value is -2.56. The highest BCUT2D eigenvalue weighted by Crippen LogP contribution is 2.25. The van der Waals surface area contributed by atoms with Crippen LogP contribution in [-0.2, 0) is 4.74 Å². The molecule has 160 valence electrons. The summed E-state index contributed by atoms with van der Waals surface area (Å²) in [5.74, 6) is 1.42. The summed E-state index contributed by atoms with van der Waals surface area (Å²) in [5.41, 5.74) is 5.81. The molecule has 0 radical (unpaired) electrons. The van der Waals surface area contributed by atoms with E-state index in [2.05, 4.69) is 36.0 Å². The van der Waals surface area contributed by atoms with Crippen LogP contribution in [-0.4, -0.2) is 60.4 Å². The van der Waals surface area contributed by atoms with Crippen molar-refractivity contribution >= 4 is 52.8 Å². The van der Waals surface area contributed by atoms with E-state index in [-0.39, 0.29) is 5.95 Å². The molecule has 0 saturated carbocycles. The van der Waals surface area contributed by atoms with Gasteiger partial charge in [-0.1, -0.05) is 23.2 Å². The monoisotopic (exact) mass is 452 g/mol. The van der Waals surface area contributed by atoms with Gasteiger partial charge in [-0.3, -0.25) is 5.43 Å². The third-order valence-electron chi connectivity index (χ3n) is 4.76. The normalized spacial score (nSPS) is 16.5. The maximum atomic E-state index is 12.2. The molecule has 1 aromatic carbocycles. The molecule has 2 saturated heterocycles. The first-order valence-corrected chi connectivity index (χ1v) is 10.5. The summed E-state index contributed by atoms with van der Waals surface area (Å²) in [6.07, 6.45) is 2.21. The van der Waals surface area contributed by atoms with Crippen molar-refractivity contribution < 1.29 is 9.53 Å². The first-order valence-electron chi connectivity index (χ1n) is 9.70. The van der Waals surface area contributed by atoms with Gasteiger partial charge in [-0.25, -0.2) is 10.2 Å². The molecule has 10 nitrogen and oxygen atoms in total. The van der Waals surface area contributed by atoms with Crippen molar-refractivity contribution in [3.8, 4) is 0 Å². The summed E-state index contributed by atoms with van der Waals surface area (Å²) in [6, 6.07) is 4.33. The molecular formula is C18H22Cl2N8O2. The molecule has 2 amide bonds. The number of nitrogens with zero attached hydrogens (tertiary/aromatic N) is 5. The fourth-order valence-electron chi connectivity index (χ4n) is 3.22. The van der Waals surface area contributed by atoms with Gasteiger partial charge in [-0.15, -0.1) is 0 Å². The summed E-state index contributed by atoms with van der Waals surface area (Å²) >= 11 is 11.9. The molecule has 1 aromatic heterocycles. The van der Waals surface area contributed by atoms with E-state index in [4.69, 9.17) is 27.9 Å². The molecule has 3 N–H and O–H groups in total. The minimum atomic E-state index is -0.496. The van der Waals surface area contributed by atoms with Crippen molar-refractivity contribution in [2.75, 3.05) is 59.9 Å². The molecule has 0 aliphatic carbocycles. The number of morpholine rings is 1. The number of aromatic nitrogens is 3. The van der Waals surface area contributed by atoms with Crippen LogP contribution in [0.15, 0.2) is 18.2 Å². The number of carbonyl (C=O) groups is 1. The highest BCUT2D eigenvalue weighted by Gasteiger charge is 2.21. The van der Waals surface area contributed by atoms with Crippen LogP contribution in [0.25, 0.3) is 0 Å². The molecular weight excluding hydrogens is 431 g/mol. The first-order chi connectivity index (χ1) is 14.6. The van der Waals surface area contributed by atoms with Gasteiger partial charge in [-0.05, 0) is 31.0 Å². The Morgan fingerprint density at radius 2 is 1.60 bits per heavy atom. The number of carbonyl (C=O) groups excluding carboxylic acids is 1. The van der Waals surface area contributed by atoms with Gasteiger partial charge in [0.1, 0.15) is 0 Å². The van der Waals surface area contributed by atoms with E-state index < -0.39 is 6.03 Å². The van der Waals surface area contributed by atoms with Crippen LogP contribution in [0.4, 0.5) is 28.3 Å².